The number of hydrogen-bond donors (Lipinski definition) is 0. The van der Waals surface area contributed by atoms with Crippen LogP contribution in [0.1, 0.15) is 11.1 Å². The molecular formula is C28H21N3O2Pt. The number of imidazole rings is 1. The second-order valence-electron chi connectivity index (χ2n) is 7.58. The van der Waals surface area contributed by atoms with E-state index in [0.717, 1.165) is 16.9 Å². The minimum Gasteiger partial charge on any atom is -0.466 e. The predicted molar refractivity (Wildman–Crippen MR) is 127 cm³/mol. The molecule has 5 nitrogen and oxygen atoms in total. The van der Waals surface area contributed by atoms with Crippen LogP contribution in [-0.2, 0) is 21.1 Å². The first-order valence-corrected chi connectivity index (χ1v) is 10.6. The zero-order valence-corrected chi connectivity index (χ0v) is 20.9. The molecule has 5 aromatic rings. The molecule has 0 unspecified atom stereocenters. The number of rotatable bonds is 6. The smallest absolute Gasteiger partial charge is 0.466 e. The van der Waals surface area contributed by atoms with Crippen LogP contribution in [0, 0.1) is 26.0 Å². The maximum atomic E-state index is 5.96. The minimum atomic E-state index is 0. The molecule has 0 saturated heterocycles. The molecular weight excluding hydrogens is 605 g/mol. The van der Waals surface area contributed by atoms with E-state index in [1.54, 1.807) is 18.2 Å². The molecule has 5 rings (SSSR count). The average Bonchev–Trinajstić information content (AvgIpc) is 3.30. The van der Waals surface area contributed by atoms with E-state index < -0.39 is 0 Å². The standard InChI is InChI=1S/C28H21N3O2.Pt/c1-20-9-6-10-21(2)28(20)31-18-25(29-19-31)22-11-7-14-24(17-22)33-27-16-8-15-26(30-27)32-23-12-4-3-5-13-23;/h3-12,14-16,18-19H,1-2H3;/q-2;+2. The van der Waals surface area contributed by atoms with E-state index in [2.05, 4.69) is 54.1 Å². The van der Waals surface area contributed by atoms with E-state index in [9.17, 15) is 0 Å². The molecule has 0 atom stereocenters. The summed E-state index contributed by atoms with van der Waals surface area (Å²) in [7, 11) is 0. The number of pyridine rings is 1. The van der Waals surface area contributed by atoms with E-state index in [4.69, 9.17) is 9.47 Å². The van der Waals surface area contributed by atoms with Crippen LogP contribution in [0.15, 0.2) is 91.4 Å². The molecule has 170 valence electrons. The van der Waals surface area contributed by atoms with Crippen LogP contribution in [0.25, 0.3) is 16.9 Å². The molecule has 3 aromatic carbocycles. The Kier molecular flexibility index (Phi) is 7.24. The third-order valence-electron chi connectivity index (χ3n) is 5.13. The Morgan fingerprint density at radius 1 is 0.765 bits per heavy atom. The topological polar surface area (TPSA) is 49.2 Å². The molecule has 34 heavy (non-hydrogen) atoms. The van der Waals surface area contributed by atoms with Gasteiger partial charge in [-0.3, -0.25) is 4.98 Å². The summed E-state index contributed by atoms with van der Waals surface area (Å²) in [5, 5.41) is 0. The molecule has 0 N–H and O–H groups in total. The number of benzene rings is 3. The van der Waals surface area contributed by atoms with Crippen LogP contribution < -0.4 is 9.47 Å². The number of aryl methyl sites for hydroxylation is 2. The third-order valence-corrected chi connectivity index (χ3v) is 5.13. The van der Waals surface area contributed by atoms with Crippen LogP contribution in [0.4, 0.5) is 0 Å². The van der Waals surface area contributed by atoms with Crippen molar-refractivity contribution in [3.63, 3.8) is 0 Å². The van der Waals surface area contributed by atoms with Crippen LogP contribution in [0.3, 0.4) is 0 Å². The molecule has 0 amide bonds. The van der Waals surface area contributed by atoms with Gasteiger partial charge in [-0.2, -0.15) is 23.2 Å². The maximum Gasteiger partial charge on any atom is 2.00 e. The average molecular weight is 627 g/mol. The SMILES string of the molecule is Cc1cccc(C)c1-n1cnc(-c2[c-]c(Oc3cccc(Oc4[c-]cccc4)n3)ccc2)c1.[Pt+2]. The Morgan fingerprint density at radius 3 is 2.18 bits per heavy atom. The van der Waals surface area contributed by atoms with Crippen molar-refractivity contribution in [2.45, 2.75) is 13.8 Å². The molecule has 0 aliphatic heterocycles. The van der Waals surface area contributed by atoms with Crippen molar-refractivity contribution in [1.82, 2.24) is 14.5 Å². The fraction of sp³-hybridized carbons (Fsp3) is 0.0714. The number of aromatic nitrogens is 3. The zero-order valence-electron chi connectivity index (χ0n) is 18.6. The Morgan fingerprint density at radius 2 is 1.44 bits per heavy atom. The van der Waals surface area contributed by atoms with Gasteiger partial charge in [-0.25, -0.2) is 0 Å². The van der Waals surface area contributed by atoms with Gasteiger partial charge in [-0.15, -0.1) is 35.9 Å². The van der Waals surface area contributed by atoms with Crippen LogP contribution in [-0.4, -0.2) is 14.5 Å². The van der Waals surface area contributed by atoms with E-state index >= 15 is 0 Å². The monoisotopic (exact) mass is 626 g/mol. The van der Waals surface area contributed by atoms with Crippen molar-refractivity contribution in [3.8, 4) is 40.2 Å². The van der Waals surface area contributed by atoms with Crippen molar-refractivity contribution >= 4 is 0 Å². The van der Waals surface area contributed by atoms with E-state index in [1.807, 2.05) is 59.6 Å². The summed E-state index contributed by atoms with van der Waals surface area (Å²) in [5.74, 6) is 1.98. The van der Waals surface area contributed by atoms with Gasteiger partial charge >= 0.3 is 21.1 Å². The molecule has 0 radical (unpaired) electrons. The first-order valence-electron chi connectivity index (χ1n) is 10.6. The first kappa shape index (κ1) is 23.5. The molecule has 0 fully saturated rings. The molecule has 2 aromatic heterocycles. The van der Waals surface area contributed by atoms with E-state index in [-0.39, 0.29) is 21.1 Å². The Hall–Kier alpha value is -3.69. The number of nitrogens with zero attached hydrogens (tertiary/aromatic N) is 3. The molecule has 0 aliphatic rings. The molecule has 0 aliphatic carbocycles. The quantitative estimate of drug-likeness (QED) is 0.196. The third kappa shape index (κ3) is 5.27. The molecule has 0 spiro atoms. The van der Waals surface area contributed by atoms with Crippen molar-refractivity contribution in [2.24, 2.45) is 0 Å². The van der Waals surface area contributed by atoms with Gasteiger partial charge < -0.3 is 14.0 Å². The molecule has 0 bridgehead atoms. The summed E-state index contributed by atoms with van der Waals surface area (Å²) in [6.07, 6.45) is 3.84. The van der Waals surface area contributed by atoms with E-state index in [0.29, 0.717) is 23.3 Å². The van der Waals surface area contributed by atoms with Gasteiger partial charge in [0.25, 0.3) is 0 Å². The number of para-hydroxylation sites is 2. The first-order chi connectivity index (χ1) is 16.2. The number of hydrogen-bond acceptors (Lipinski definition) is 4. The van der Waals surface area contributed by atoms with Crippen molar-refractivity contribution < 1.29 is 30.5 Å². The van der Waals surface area contributed by atoms with Gasteiger partial charge in [-0.05, 0) is 31.2 Å². The number of ether oxygens (including phenoxy) is 2. The molecule has 0 saturated carbocycles. The molecule has 2 heterocycles. The Bertz CT molecular complexity index is 1380. The summed E-state index contributed by atoms with van der Waals surface area (Å²) in [4.78, 5) is 9.02. The van der Waals surface area contributed by atoms with Crippen molar-refractivity contribution in [3.05, 3.63) is 115 Å². The van der Waals surface area contributed by atoms with Crippen LogP contribution >= 0.6 is 0 Å². The Balaban J connectivity index is 0.00000274. The van der Waals surface area contributed by atoms with Gasteiger partial charge in [-0.1, -0.05) is 30.3 Å². The van der Waals surface area contributed by atoms with E-state index in [1.165, 1.54) is 11.1 Å². The zero-order chi connectivity index (χ0) is 22.6. The fourth-order valence-corrected chi connectivity index (χ4v) is 3.63. The largest absolute Gasteiger partial charge is 2.00 e. The maximum absolute atomic E-state index is 5.96. The van der Waals surface area contributed by atoms with Crippen molar-refractivity contribution in [2.75, 3.05) is 0 Å². The van der Waals surface area contributed by atoms with Gasteiger partial charge in [0.05, 0.1) is 12.0 Å². The Labute approximate surface area is 213 Å². The van der Waals surface area contributed by atoms with Gasteiger partial charge in [0, 0.05) is 29.3 Å². The summed E-state index contributed by atoms with van der Waals surface area (Å²) < 4.78 is 13.7. The summed E-state index contributed by atoms with van der Waals surface area (Å²) in [6.45, 7) is 4.20. The minimum absolute atomic E-state index is 0. The second-order valence-corrected chi connectivity index (χ2v) is 7.58. The van der Waals surface area contributed by atoms with Crippen molar-refractivity contribution in [1.29, 1.82) is 0 Å². The summed E-state index contributed by atoms with van der Waals surface area (Å²) >= 11 is 0. The summed E-state index contributed by atoms with van der Waals surface area (Å²) in [5.41, 5.74) is 5.18. The molecule has 6 heteroatoms. The van der Waals surface area contributed by atoms with Crippen LogP contribution in [0.5, 0.6) is 23.3 Å². The summed E-state index contributed by atoms with van der Waals surface area (Å²) in [6, 6.07) is 31.0. The normalized spacial score (nSPS) is 10.4. The van der Waals surface area contributed by atoms with Crippen LogP contribution in [0.2, 0.25) is 0 Å². The second kappa shape index (κ2) is 10.5. The van der Waals surface area contributed by atoms with Gasteiger partial charge in [0.15, 0.2) is 0 Å². The van der Waals surface area contributed by atoms with Gasteiger partial charge in [0.1, 0.15) is 0 Å². The van der Waals surface area contributed by atoms with Gasteiger partial charge in [0.2, 0.25) is 11.8 Å². The fourth-order valence-electron chi connectivity index (χ4n) is 3.63. The predicted octanol–water partition coefficient (Wildman–Crippen LogP) is 6.73.